The fourth-order valence-corrected chi connectivity index (χ4v) is 12.7. The maximum absolute atomic E-state index is 10.9. The number of carbonyl (C=O) groups excluding carboxylic acids is 8. The van der Waals surface area contributed by atoms with Gasteiger partial charge in [-0.25, -0.2) is 24.0 Å². The average molecular weight is 1840 g/mol. The van der Waals surface area contributed by atoms with Crippen LogP contribution in [0.5, 0.6) is 103 Å². The largest absolute Gasteiger partial charge is 0.508 e. The highest BCUT2D eigenvalue weighted by Crippen LogP contribution is 2.41. The van der Waals surface area contributed by atoms with Crippen LogP contribution >= 0.6 is 0 Å². The molecule has 0 atom stereocenters. The van der Waals surface area contributed by atoms with E-state index in [9.17, 15) is 95.5 Å². The van der Waals surface area contributed by atoms with Gasteiger partial charge in [0.05, 0.1) is 11.1 Å². The summed E-state index contributed by atoms with van der Waals surface area (Å²) in [5, 5.41) is 223. The van der Waals surface area contributed by atoms with Crippen molar-refractivity contribution in [2.24, 2.45) is 0 Å². The predicted molar refractivity (Wildman–Crippen MR) is 480 cm³/mol. The number of hydrogen-bond acceptors (Lipinski definition) is 31. The molecule has 18 rings (SSSR count). The average Bonchev–Trinajstić information content (AvgIpc) is 0.728. The molecule has 0 heterocycles. The summed E-state index contributed by atoms with van der Waals surface area (Å²) in [4.78, 5) is 119. The molecule has 0 saturated heterocycles. The van der Waals surface area contributed by atoms with Crippen LogP contribution in [0, 0.1) is 0 Å². The van der Waals surface area contributed by atoms with Gasteiger partial charge >= 0.3 is 54.5 Å². The van der Waals surface area contributed by atoms with Crippen LogP contribution in [0.15, 0.2) is 297 Å². The number of phenols is 18. The molecule has 23 N–H and O–H groups in total. The molecule has 36 nitrogen and oxygen atoms in total. The van der Waals surface area contributed by atoms with E-state index < -0.39 is 58.6 Å². The molecule has 0 unspecified atom stereocenters. The molecular formula is C99H72O36. The van der Waals surface area contributed by atoms with Crippen LogP contribution in [-0.2, 0) is 38.4 Å². The van der Waals surface area contributed by atoms with Crippen LogP contribution in [0.1, 0.15) is 51.8 Å². The predicted octanol–water partition coefficient (Wildman–Crippen LogP) is 16.4. The van der Waals surface area contributed by atoms with Gasteiger partial charge in [-0.05, 0) is 135 Å². The number of rotatable bonds is 5. The summed E-state index contributed by atoms with van der Waals surface area (Å²) in [5.41, 5.74) is -0.664. The number of carboxylic acid groups (broad SMARTS) is 5. The van der Waals surface area contributed by atoms with Crippen LogP contribution in [0.2, 0.25) is 0 Å². The first kappa shape index (κ1) is 103. The van der Waals surface area contributed by atoms with Crippen molar-refractivity contribution in [3.05, 3.63) is 325 Å². The number of fused-ring (bicyclic) bond motifs is 9. The number of phenolic OH excluding ortho intramolecular Hbond substituents is 15. The number of hydrogen-bond donors (Lipinski definition) is 23. The number of benzene rings is 18. The summed E-state index contributed by atoms with van der Waals surface area (Å²) in [6, 6.07) is 78.8. The van der Waals surface area contributed by atoms with Gasteiger partial charge in [0, 0.05) is 71.4 Å². The first-order valence-corrected chi connectivity index (χ1v) is 37.7. The third-order valence-corrected chi connectivity index (χ3v) is 18.5. The van der Waals surface area contributed by atoms with E-state index in [0.717, 1.165) is 39.1 Å². The zero-order chi connectivity index (χ0) is 100. The Bertz CT molecular complexity index is 7380. The lowest BCUT2D eigenvalue weighted by Crippen LogP contribution is -1.98. The van der Waals surface area contributed by atoms with Gasteiger partial charge in [0.25, 0.3) is 0 Å². The van der Waals surface area contributed by atoms with E-state index in [2.05, 4.69) is 0 Å². The molecular weight excluding hydrogens is 1770 g/mol. The first-order chi connectivity index (χ1) is 64.3. The van der Waals surface area contributed by atoms with Crippen molar-refractivity contribution in [2.75, 3.05) is 0 Å². The summed E-state index contributed by atoms with van der Waals surface area (Å²) in [6.45, 7) is 0. The topological polar surface area (TPSA) is 687 Å². The highest BCUT2D eigenvalue weighted by atomic mass is 16.4. The van der Waals surface area contributed by atoms with Crippen LogP contribution in [0.3, 0.4) is 0 Å². The lowest BCUT2D eigenvalue weighted by atomic mass is 10.0. The van der Waals surface area contributed by atoms with Gasteiger partial charge in [0.1, 0.15) is 74.2 Å². The van der Waals surface area contributed by atoms with Crippen LogP contribution in [0.25, 0.3) is 97.0 Å². The third-order valence-electron chi connectivity index (χ3n) is 18.5. The van der Waals surface area contributed by atoms with Gasteiger partial charge in [0.2, 0.25) is 0 Å². The van der Waals surface area contributed by atoms with Crippen molar-refractivity contribution in [3.63, 3.8) is 0 Å². The molecule has 135 heavy (non-hydrogen) atoms. The minimum absolute atomic E-state index is 0.0269. The Labute approximate surface area is 756 Å². The minimum Gasteiger partial charge on any atom is -0.508 e. The second-order valence-corrected chi connectivity index (χ2v) is 26.8. The second kappa shape index (κ2) is 49.5. The maximum atomic E-state index is 10.9. The first-order valence-electron chi connectivity index (χ1n) is 37.7. The molecule has 0 saturated carbocycles. The van der Waals surface area contributed by atoms with E-state index in [4.69, 9.17) is 84.3 Å². The second-order valence-electron chi connectivity index (χ2n) is 26.8. The van der Waals surface area contributed by atoms with E-state index in [-0.39, 0.29) is 133 Å². The fraction of sp³-hybridized carbons (Fsp3) is 0. The van der Waals surface area contributed by atoms with Gasteiger partial charge in [-0.15, -0.1) is 0 Å². The molecule has 0 fully saturated rings. The summed E-state index contributed by atoms with van der Waals surface area (Å²) < 4.78 is 0. The molecule has 18 aromatic rings. The highest BCUT2D eigenvalue weighted by Gasteiger charge is 2.21. The Morgan fingerprint density at radius 1 is 0.170 bits per heavy atom. The Hall–Kier alpha value is -20.4. The van der Waals surface area contributed by atoms with E-state index in [1.54, 1.807) is 158 Å². The van der Waals surface area contributed by atoms with E-state index in [1.807, 2.05) is 54.6 Å². The number of aromatic hydroxyl groups is 18. The standard InChI is InChI=1S/5C11H8O4.4C10H8O2.4CO2/c12-7-2-3-8-6(5-7)1-4-9(13)10(8)11(14)15;12-8-5-4-6-2-1-3-7(11(14)15)9(6)10(8)13;12-8-5-9(13)10(11(14)15)7-4-2-1-3-6(7)8;12-9-5-8(11(14)15)6-3-1-2-4-7(6)10(9)13;12-8-5-6-3-1-2-4-7(6)9(10(8)13)11(14)15;11-9-3-1-7-5-10(12)4-2-8(7)6-9;11-8-5-7-3-1-2-4-9(7)10(12)6-8;11-9-5-6-10(12)8-4-2-1-3-7(8)9;11-9-6-5-7-3-1-2-4-8(7)10(9)12;4*2-1-3/h5*1-5,12-13H,(H,14,15);4*1-6,11-12H;;;;. The van der Waals surface area contributed by atoms with E-state index >= 15 is 0 Å². The Balaban J connectivity index is 0.000000230. The van der Waals surface area contributed by atoms with Crippen molar-refractivity contribution < 1.29 is 180 Å². The summed E-state index contributed by atoms with van der Waals surface area (Å²) in [5.74, 6) is -8.23. The van der Waals surface area contributed by atoms with Gasteiger partial charge in [-0.1, -0.05) is 188 Å². The third kappa shape index (κ3) is 27.5. The van der Waals surface area contributed by atoms with Gasteiger partial charge in [-0.2, -0.15) is 38.4 Å². The lowest BCUT2D eigenvalue weighted by Gasteiger charge is -2.06. The maximum Gasteiger partial charge on any atom is 0.373 e. The van der Waals surface area contributed by atoms with Crippen LogP contribution in [-0.4, -0.2) is 172 Å². The van der Waals surface area contributed by atoms with Gasteiger partial charge in [-0.3, -0.25) is 0 Å². The minimum atomic E-state index is -1.26. The Kier molecular flexibility index (Phi) is 37.9. The quantitative estimate of drug-likeness (QED) is 0.0562. The molecule has 36 heteroatoms. The molecule has 684 valence electrons. The lowest BCUT2D eigenvalue weighted by molar-refractivity contribution is -0.193. The molecule has 0 spiro atoms. The van der Waals surface area contributed by atoms with E-state index in [1.165, 1.54) is 72.8 Å². The van der Waals surface area contributed by atoms with Crippen molar-refractivity contribution >= 4 is 151 Å². The van der Waals surface area contributed by atoms with E-state index in [0.29, 0.717) is 64.6 Å². The van der Waals surface area contributed by atoms with Crippen molar-refractivity contribution in [3.8, 4) is 103 Å². The normalized spacial score (nSPS) is 9.69. The number of carbonyl (C=O) groups is 5. The van der Waals surface area contributed by atoms with Crippen molar-refractivity contribution in [2.45, 2.75) is 0 Å². The Morgan fingerprint density at radius 2 is 0.489 bits per heavy atom. The molecule has 0 aliphatic heterocycles. The molecule has 0 bridgehead atoms. The molecule has 0 aliphatic rings. The zero-order valence-corrected chi connectivity index (χ0v) is 68.9. The van der Waals surface area contributed by atoms with Gasteiger partial charge in [0.15, 0.2) is 46.0 Å². The number of aromatic carboxylic acids is 5. The van der Waals surface area contributed by atoms with Crippen molar-refractivity contribution in [1.29, 1.82) is 0 Å². The SMILES string of the molecule is O=C(O)c1c(O)c(O)cc2ccccc12.O=C(O)c1c(O)cc(O)c2ccccc12.O=C(O)c1c(O)ccc2cc(O)ccc12.O=C(O)c1cc(O)c(O)c2ccccc12.O=C(O)c1cccc2ccc(O)c(O)c12.O=C=O.O=C=O.O=C=O.O=C=O.Oc1cc(O)c2ccccc2c1.Oc1ccc(O)c2ccccc12.Oc1ccc2cc(O)ccc2c1.Oc1ccc2ccccc2c1O. The molecule has 18 aromatic carbocycles. The van der Waals surface area contributed by atoms with Crippen molar-refractivity contribution in [1.82, 2.24) is 0 Å². The smallest absolute Gasteiger partial charge is 0.373 e. The van der Waals surface area contributed by atoms with Gasteiger partial charge < -0.3 is 117 Å². The molecule has 0 radical (unpaired) electrons. The fourth-order valence-electron chi connectivity index (χ4n) is 12.7. The molecule has 0 aromatic heterocycles. The highest BCUT2D eigenvalue weighted by molar-refractivity contribution is 6.11. The van der Waals surface area contributed by atoms with Crippen LogP contribution in [0.4, 0.5) is 0 Å². The number of carboxylic acids is 5. The molecule has 0 amide bonds. The summed E-state index contributed by atoms with van der Waals surface area (Å²) in [6.07, 6.45) is 1.00. The summed E-state index contributed by atoms with van der Waals surface area (Å²) >= 11 is 0. The Morgan fingerprint density at radius 3 is 0.985 bits per heavy atom. The van der Waals surface area contributed by atoms with Crippen LogP contribution < -0.4 is 0 Å². The summed E-state index contributed by atoms with van der Waals surface area (Å²) in [7, 11) is 0. The monoisotopic (exact) mass is 1840 g/mol. The molecule has 0 aliphatic carbocycles. The zero-order valence-electron chi connectivity index (χ0n) is 68.9.